The zero-order valence-corrected chi connectivity index (χ0v) is 23.9. The van der Waals surface area contributed by atoms with E-state index in [0.29, 0.717) is 77.3 Å². The number of carbonyl (C=O) groups is 2. The Morgan fingerprint density at radius 3 is 2.33 bits per heavy atom. The van der Waals surface area contributed by atoms with E-state index in [1.165, 1.54) is 0 Å². The molecular weight excluding hydrogens is 560 g/mol. The molecule has 1 fully saturated rings. The van der Waals surface area contributed by atoms with Crippen LogP contribution in [0.1, 0.15) is 49.1 Å². The lowest BCUT2D eigenvalue weighted by Gasteiger charge is -2.18. The molecule has 1 aromatic heterocycles. The standard InChI is InChI=1S/C32H29ClN2O7/c1-18-26(34-31(38)41-19(2)22-6-3-4-7-25(22)33)27(42-35-18)24-13-12-23(28-29(24)40-17-5-16-39-28)20-8-10-21(11-9-20)32(14-15-32)30(36)37/h3-4,6-13,19H,5,14-17H2,1-2H3,(H,34,38)(H,36,37). The molecule has 1 amide bonds. The molecule has 0 radical (unpaired) electrons. The molecule has 0 saturated heterocycles. The summed E-state index contributed by atoms with van der Waals surface area (Å²) in [6.07, 6.45) is 0.682. The van der Waals surface area contributed by atoms with Crippen molar-refractivity contribution in [1.29, 1.82) is 0 Å². The fourth-order valence-corrected chi connectivity index (χ4v) is 5.53. The van der Waals surface area contributed by atoms with Crippen molar-refractivity contribution < 1.29 is 33.4 Å². The van der Waals surface area contributed by atoms with E-state index in [1.54, 1.807) is 26.0 Å². The van der Waals surface area contributed by atoms with Crippen molar-refractivity contribution in [2.75, 3.05) is 18.5 Å². The number of aromatic nitrogens is 1. The third kappa shape index (κ3) is 5.05. The van der Waals surface area contributed by atoms with Gasteiger partial charge < -0.3 is 23.8 Å². The van der Waals surface area contributed by atoms with Crippen molar-refractivity contribution in [3.63, 3.8) is 0 Å². The van der Waals surface area contributed by atoms with Crippen LogP contribution in [0.5, 0.6) is 11.5 Å². The minimum Gasteiger partial charge on any atom is -0.489 e. The normalized spacial score (nSPS) is 15.8. The van der Waals surface area contributed by atoms with Crippen LogP contribution >= 0.6 is 11.6 Å². The number of carboxylic acid groups (broad SMARTS) is 1. The zero-order valence-electron chi connectivity index (χ0n) is 23.1. The molecule has 216 valence electrons. The maximum Gasteiger partial charge on any atom is 0.412 e. The highest BCUT2D eigenvalue weighted by atomic mass is 35.5. The summed E-state index contributed by atoms with van der Waals surface area (Å²) in [6.45, 7) is 4.34. The Balaban J connectivity index is 1.31. The van der Waals surface area contributed by atoms with Gasteiger partial charge in [0.25, 0.3) is 0 Å². The lowest BCUT2D eigenvalue weighted by molar-refractivity contribution is -0.140. The fraction of sp³-hybridized carbons (Fsp3) is 0.281. The Morgan fingerprint density at radius 2 is 1.67 bits per heavy atom. The highest BCUT2D eigenvalue weighted by Gasteiger charge is 2.51. The number of benzene rings is 3. The SMILES string of the molecule is Cc1noc(-c2ccc(-c3ccc(C4(C(=O)O)CC4)cc3)c3c2OCCCO3)c1NC(=O)OC(C)c1ccccc1Cl. The van der Waals surface area contributed by atoms with Gasteiger partial charge in [0.2, 0.25) is 0 Å². The number of aliphatic carboxylic acids is 1. The summed E-state index contributed by atoms with van der Waals surface area (Å²) in [4.78, 5) is 24.7. The summed E-state index contributed by atoms with van der Waals surface area (Å²) in [7, 11) is 0. The third-order valence-corrected chi connectivity index (χ3v) is 8.11. The molecule has 1 unspecified atom stereocenters. The number of nitrogens with zero attached hydrogens (tertiary/aromatic N) is 1. The number of fused-ring (bicyclic) bond motifs is 1. The quantitative estimate of drug-likeness (QED) is 0.227. The Morgan fingerprint density at radius 1 is 1.00 bits per heavy atom. The summed E-state index contributed by atoms with van der Waals surface area (Å²) in [6, 6.07) is 18.4. The molecule has 3 aromatic carbocycles. The van der Waals surface area contributed by atoms with Crippen molar-refractivity contribution in [2.24, 2.45) is 0 Å². The van der Waals surface area contributed by atoms with Crippen molar-refractivity contribution in [3.05, 3.63) is 82.5 Å². The Hall–Kier alpha value is -4.50. The number of halogens is 1. The second kappa shape index (κ2) is 11.1. The molecule has 2 heterocycles. The van der Waals surface area contributed by atoms with E-state index in [4.69, 9.17) is 30.3 Å². The van der Waals surface area contributed by atoms with E-state index in [1.807, 2.05) is 48.5 Å². The Kier molecular flexibility index (Phi) is 7.28. The first kappa shape index (κ1) is 27.7. The lowest BCUT2D eigenvalue weighted by atomic mass is 9.93. The summed E-state index contributed by atoms with van der Waals surface area (Å²) < 4.78 is 23.6. The molecule has 1 aliphatic heterocycles. The first-order valence-corrected chi connectivity index (χ1v) is 14.1. The largest absolute Gasteiger partial charge is 0.489 e. The summed E-state index contributed by atoms with van der Waals surface area (Å²) >= 11 is 6.27. The molecule has 1 saturated carbocycles. The van der Waals surface area contributed by atoms with Gasteiger partial charge in [-0.05, 0) is 56.0 Å². The van der Waals surface area contributed by atoms with Crippen molar-refractivity contribution in [3.8, 4) is 33.9 Å². The number of carboxylic acids is 1. The molecule has 0 bridgehead atoms. The van der Waals surface area contributed by atoms with E-state index in [2.05, 4.69) is 10.5 Å². The number of aryl methyl sites for hydroxylation is 1. The van der Waals surface area contributed by atoms with Gasteiger partial charge in [-0.3, -0.25) is 10.1 Å². The van der Waals surface area contributed by atoms with Gasteiger partial charge in [-0.1, -0.05) is 59.2 Å². The average molecular weight is 589 g/mol. The second-order valence-electron chi connectivity index (χ2n) is 10.5. The van der Waals surface area contributed by atoms with Crippen molar-refractivity contribution in [2.45, 2.75) is 44.6 Å². The summed E-state index contributed by atoms with van der Waals surface area (Å²) in [5.41, 5.74) is 3.72. The number of ether oxygens (including phenoxy) is 3. The molecule has 10 heteroatoms. The third-order valence-electron chi connectivity index (χ3n) is 7.76. The monoisotopic (exact) mass is 588 g/mol. The number of carbonyl (C=O) groups excluding carboxylic acids is 1. The van der Waals surface area contributed by atoms with Crippen LogP contribution in [0.25, 0.3) is 22.5 Å². The maximum atomic E-state index is 12.9. The predicted octanol–water partition coefficient (Wildman–Crippen LogP) is 7.56. The van der Waals surface area contributed by atoms with Crippen molar-refractivity contribution in [1.82, 2.24) is 5.16 Å². The van der Waals surface area contributed by atoms with E-state index in [-0.39, 0.29) is 0 Å². The van der Waals surface area contributed by atoms with Crippen molar-refractivity contribution >= 4 is 29.4 Å². The minimum absolute atomic E-state index is 0.302. The maximum absolute atomic E-state index is 12.9. The minimum atomic E-state index is -0.792. The zero-order chi connectivity index (χ0) is 29.4. The molecule has 6 rings (SSSR count). The van der Waals surface area contributed by atoms with Crippen LogP contribution in [0.3, 0.4) is 0 Å². The van der Waals surface area contributed by atoms with E-state index >= 15 is 0 Å². The van der Waals surface area contributed by atoms with Crippen LogP contribution in [0.4, 0.5) is 10.5 Å². The molecule has 1 atom stereocenters. The molecule has 2 aliphatic rings. The van der Waals surface area contributed by atoms with Crippen LogP contribution < -0.4 is 14.8 Å². The number of hydrogen-bond acceptors (Lipinski definition) is 7. The van der Waals surface area contributed by atoms with E-state index < -0.39 is 23.6 Å². The molecular formula is C32H29ClN2O7. The number of amides is 1. The van der Waals surface area contributed by atoms with Crippen LogP contribution in [0.2, 0.25) is 5.02 Å². The van der Waals surface area contributed by atoms with Gasteiger partial charge in [0, 0.05) is 22.6 Å². The number of hydrogen-bond donors (Lipinski definition) is 2. The Bertz CT molecular complexity index is 1660. The number of rotatable bonds is 7. The number of nitrogens with one attached hydrogen (secondary N) is 1. The predicted molar refractivity (Wildman–Crippen MR) is 156 cm³/mol. The van der Waals surface area contributed by atoms with Gasteiger partial charge in [-0.25, -0.2) is 4.79 Å². The molecule has 42 heavy (non-hydrogen) atoms. The highest BCUT2D eigenvalue weighted by Crippen LogP contribution is 2.50. The van der Waals surface area contributed by atoms with Crippen LogP contribution in [-0.4, -0.2) is 35.5 Å². The van der Waals surface area contributed by atoms with Gasteiger partial charge in [-0.2, -0.15) is 0 Å². The first-order valence-electron chi connectivity index (χ1n) is 13.7. The molecule has 2 N–H and O–H groups in total. The van der Waals surface area contributed by atoms with Crippen LogP contribution in [0.15, 0.2) is 65.2 Å². The molecule has 9 nitrogen and oxygen atoms in total. The average Bonchev–Trinajstić information content (AvgIpc) is 3.76. The molecule has 0 spiro atoms. The van der Waals surface area contributed by atoms with Gasteiger partial charge in [0.1, 0.15) is 17.5 Å². The fourth-order valence-electron chi connectivity index (χ4n) is 5.24. The van der Waals surface area contributed by atoms with Gasteiger partial charge in [0.05, 0.1) is 24.2 Å². The Labute approximate surface area is 247 Å². The lowest BCUT2D eigenvalue weighted by Crippen LogP contribution is -2.19. The smallest absolute Gasteiger partial charge is 0.412 e. The highest BCUT2D eigenvalue weighted by molar-refractivity contribution is 6.31. The van der Waals surface area contributed by atoms with Crippen LogP contribution in [0, 0.1) is 6.92 Å². The van der Waals surface area contributed by atoms with Gasteiger partial charge in [0.15, 0.2) is 17.3 Å². The topological polar surface area (TPSA) is 120 Å². The van der Waals surface area contributed by atoms with Crippen LogP contribution in [-0.2, 0) is 14.9 Å². The summed E-state index contributed by atoms with van der Waals surface area (Å²) in [5, 5.41) is 17.0. The van der Waals surface area contributed by atoms with Gasteiger partial charge >= 0.3 is 12.1 Å². The molecule has 4 aromatic rings. The summed E-state index contributed by atoms with van der Waals surface area (Å²) in [5.74, 6) is 0.511. The molecule has 1 aliphatic carbocycles. The van der Waals surface area contributed by atoms with E-state index in [0.717, 1.165) is 16.7 Å². The van der Waals surface area contributed by atoms with Gasteiger partial charge in [-0.15, -0.1) is 0 Å². The van der Waals surface area contributed by atoms with E-state index in [9.17, 15) is 14.7 Å². The second-order valence-corrected chi connectivity index (χ2v) is 10.9. The number of anilines is 1. The first-order chi connectivity index (χ1) is 20.3.